The van der Waals surface area contributed by atoms with Gasteiger partial charge in [0.05, 0.1) is 0 Å². The maximum atomic E-state index is 4.01. The van der Waals surface area contributed by atoms with Gasteiger partial charge in [-0.25, -0.2) is 0 Å². The largest absolute Gasteiger partial charge is 0.372 e. The summed E-state index contributed by atoms with van der Waals surface area (Å²) in [5.74, 6) is 0.226. The van der Waals surface area contributed by atoms with Gasteiger partial charge >= 0.3 is 0 Å². The molecular weight excluding hydrogens is 400 g/mol. The normalized spacial score (nSPS) is 16.9. The van der Waals surface area contributed by atoms with Crippen LogP contribution in [0.4, 0.5) is 5.69 Å². The molecule has 3 rings (SSSR count). The minimum Gasteiger partial charge on any atom is -0.372 e. The van der Waals surface area contributed by atoms with E-state index < -0.39 is 0 Å². The molecule has 1 aliphatic rings. The van der Waals surface area contributed by atoms with Gasteiger partial charge in [-0.2, -0.15) is 0 Å². The van der Waals surface area contributed by atoms with Gasteiger partial charge in [0.2, 0.25) is 0 Å². The fraction of sp³-hybridized carbons (Fsp3) is 0.419. The van der Waals surface area contributed by atoms with Crippen molar-refractivity contribution in [1.29, 1.82) is 0 Å². The number of likely N-dealkylation sites (N-methyl/N-ethyl adjacent to an activating group) is 1. The van der Waals surface area contributed by atoms with Crippen molar-refractivity contribution in [1.82, 2.24) is 4.90 Å². The number of rotatable bonds is 10. The first kappa shape index (κ1) is 25.1. The van der Waals surface area contributed by atoms with Gasteiger partial charge in [0, 0.05) is 30.7 Å². The van der Waals surface area contributed by atoms with E-state index in [1.54, 1.807) is 0 Å². The van der Waals surface area contributed by atoms with Crippen LogP contribution in [0.3, 0.4) is 0 Å². The highest BCUT2D eigenvalue weighted by Gasteiger charge is 2.26. The molecule has 2 nitrogen and oxygen atoms in total. The van der Waals surface area contributed by atoms with Crippen molar-refractivity contribution in [2.45, 2.75) is 59.9 Å². The molecule has 0 heterocycles. The molecule has 0 aromatic heterocycles. The molecule has 0 spiro atoms. The van der Waals surface area contributed by atoms with E-state index in [2.05, 4.69) is 113 Å². The summed E-state index contributed by atoms with van der Waals surface area (Å²) in [6, 6.07) is 16.4. The van der Waals surface area contributed by atoms with Crippen molar-refractivity contribution in [2.75, 3.05) is 31.1 Å². The van der Waals surface area contributed by atoms with Crippen LogP contribution in [-0.4, -0.2) is 37.1 Å². The first-order valence-corrected chi connectivity index (χ1v) is 12.7. The molecule has 2 aromatic carbocycles. The molecule has 0 radical (unpaired) electrons. The standard InChI is InChI=1S/C31H42N2/c1-8-25-14-13-15-26(22-25)31(29-18-16-27(20-23(29)6)32(9-2)10-3)30-19-17-28(21-24(30)7)33(11-4)12-5/h8,13-16,18-22,28,31H,1,9-12,17H2,2-7H3. The van der Waals surface area contributed by atoms with Crippen LogP contribution in [0.1, 0.15) is 69.2 Å². The Hall–Kier alpha value is -2.58. The SMILES string of the molecule is C=Cc1cccc(C(C2=CCC(N(CC)CC)C=C2C)c2ccc(N(CC)CC)cc2C)c1. The minimum absolute atomic E-state index is 0.226. The van der Waals surface area contributed by atoms with Gasteiger partial charge in [0.1, 0.15) is 0 Å². The van der Waals surface area contributed by atoms with E-state index in [9.17, 15) is 0 Å². The predicted octanol–water partition coefficient (Wildman–Crippen LogP) is 7.60. The second kappa shape index (κ2) is 11.5. The van der Waals surface area contributed by atoms with Crippen LogP contribution in [-0.2, 0) is 0 Å². The molecule has 0 bridgehead atoms. The van der Waals surface area contributed by atoms with E-state index in [1.807, 2.05) is 6.08 Å². The zero-order valence-corrected chi connectivity index (χ0v) is 21.6. The molecule has 0 fully saturated rings. The van der Waals surface area contributed by atoms with Gasteiger partial charge in [-0.05, 0) is 92.7 Å². The van der Waals surface area contributed by atoms with Gasteiger partial charge in [-0.3, -0.25) is 4.90 Å². The van der Waals surface area contributed by atoms with Crippen LogP contribution in [0, 0.1) is 6.92 Å². The first-order valence-electron chi connectivity index (χ1n) is 12.7. The van der Waals surface area contributed by atoms with Gasteiger partial charge < -0.3 is 4.90 Å². The number of anilines is 1. The third-order valence-corrected chi connectivity index (χ3v) is 7.24. The van der Waals surface area contributed by atoms with E-state index in [0.717, 1.165) is 32.6 Å². The number of aryl methyl sites for hydroxylation is 1. The molecule has 2 unspecified atom stereocenters. The highest BCUT2D eigenvalue weighted by atomic mass is 15.1. The van der Waals surface area contributed by atoms with Gasteiger partial charge in [0.15, 0.2) is 0 Å². The summed E-state index contributed by atoms with van der Waals surface area (Å²) < 4.78 is 0. The maximum absolute atomic E-state index is 4.01. The Kier molecular flexibility index (Phi) is 8.74. The molecule has 2 heteroatoms. The fourth-order valence-corrected chi connectivity index (χ4v) is 5.32. The van der Waals surface area contributed by atoms with E-state index in [-0.39, 0.29) is 5.92 Å². The van der Waals surface area contributed by atoms with Crippen LogP contribution >= 0.6 is 0 Å². The summed E-state index contributed by atoms with van der Waals surface area (Å²) in [6.45, 7) is 21.8. The highest BCUT2D eigenvalue weighted by molar-refractivity contribution is 5.59. The molecule has 2 atom stereocenters. The molecule has 0 N–H and O–H groups in total. The Balaban J connectivity index is 2.09. The van der Waals surface area contributed by atoms with Crippen molar-refractivity contribution in [3.63, 3.8) is 0 Å². The number of hydrogen-bond acceptors (Lipinski definition) is 2. The summed E-state index contributed by atoms with van der Waals surface area (Å²) in [4.78, 5) is 4.97. The molecule has 0 amide bonds. The van der Waals surface area contributed by atoms with E-state index in [0.29, 0.717) is 6.04 Å². The molecule has 0 aliphatic heterocycles. The Labute approximate surface area is 202 Å². The average Bonchev–Trinajstić information content (AvgIpc) is 2.83. The second-order valence-electron chi connectivity index (χ2n) is 9.05. The predicted molar refractivity (Wildman–Crippen MR) is 146 cm³/mol. The van der Waals surface area contributed by atoms with Crippen molar-refractivity contribution >= 4 is 11.8 Å². The van der Waals surface area contributed by atoms with Crippen LogP contribution in [0.5, 0.6) is 0 Å². The van der Waals surface area contributed by atoms with Crippen molar-refractivity contribution in [3.05, 3.63) is 94.6 Å². The quantitative estimate of drug-likeness (QED) is 0.374. The van der Waals surface area contributed by atoms with Crippen molar-refractivity contribution in [2.24, 2.45) is 0 Å². The third kappa shape index (κ3) is 5.50. The number of allylic oxidation sites excluding steroid dienone is 2. The zero-order valence-electron chi connectivity index (χ0n) is 21.6. The molecule has 33 heavy (non-hydrogen) atoms. The van der Waals surface area contributed by atoms with E-state index in [1.165, 1.54) is 39.1 Å². The Morgan fingerprint density at radius 2 is 1.70 bits per heavy atom. The van der Waals surface area contributed by atoms with Gasteiger partial charge in [0.25, 0.3) is 0 Å². The summed E-state index contributed by atoms with van der Waals surface area (Å²) >= 11 is 0. The van der Waals surface area contributed by atoms with E-state index in [4.69, 9.17) is 0 Å². The third-order valence-electron chi connectivity index (χ3n) is 7.24. The van der Waals surface area contributed by atoms with Crippen molar-refractivity contribution < 1.29 is 0 Å². The summed E-state index contributed by atoms with van der Waals surface area (Å²) in [5, 5.41) is 0. The fourth-order valence-electron chi connectivity index (χ4n) is 5.32. The molecule has 0 saturated carbocycles. The molecule has 2 aromatic rings. The van der Waals surface area contributed by atoms with Gasteiger partial charge in [-0.15, -0.1) is 0 Å². The summed E-state index contributed by atoms with van der Waals surface area (Å²) in [6.07, 6.45) is 8.02. The molecule has 176 valence electrons. The van der Waals surface area contributed by atoms with Crippen LogP contribution < -0.4 is 4.90 Å². The second-order valence-corrected chi connectivity index (χ2v) is 9.05. The van der Waals surface area contributed by atoms with E-state index >= 15 is 0 Å². The van der Waals surface area contributed by atoms with Crippen molar-refractivity contribution in [3.8, 4) is 0 Å². The minimum atomic E-state index is 0.226. The lowest BCUT2D eigenvalue weighted by Crippen LogP contribution is -2.34. The van der Waals surface area contributed by atoms with Crippen LogP contribution in [0.25, 0.3) is 6.08 Å². The number of nitrogens with zero attached hydrogens (tertiary/aromatic N) is 2. The highest BCUT2D eigenvalue weighted by Crippen LogP contribution is 2.41. The lowest BCUT2D eigenvalue weighted by molar-refractivity contribution is 0.252. The summed E-state index contributed by atoms with van der Waals surface area (Å²) in [5.41, 5.74) is 9.42. The monoisotopic (exact) mass is 442 g/mol. The van der Waals surface area contributed by atoms with Gasteiger partial charge in [-0.1, -0.05) is 69.0 Å². The Morgan fingerprint density at radius 3 is 2.27 bits per heavy atom. The maximum Gasteiger partial charge on any atom is 0.0368 e. The van der Waals surface area contributed by atoms with Crippen LogP contribution in [0.2, 0.25) is 0 Å². The smallest absolute Gasteiger partial charge is 0.0368 e. The zero-order chi connectivity index (χ0) is 24.0. The number of hydrogen-bond donors (Lipinski definition) is 0. The lowest BCUT2D eigenvalue weighted by Gasteiger charge is -2.33. The lowest BCUT2D eigenvalue weighted by atomic mass is 9.77. The topological polar surface area (TPSA) is 6.48 Å². The van der Waals surface area contributed by atoms with Crippen LogP contribution in [0.15, 0.2) is 72.3 Å². The molecule has 0 saturated heterocycles. The average molecular weight is 443 g/mol. The molecule has 1 aliphatic carbocycles. The summed E-state index contributed by atoms with van der Waals surface area (Å²) in [7, 11) is 0. The first-order chi connectivity index (χ1) is 16.0. The molecular formula is C31H42N2. The Morgan fingerprint density at radius 1 is 0.970 bits per heavy atom. The Bertz CT molecular complexity index is 1010. The number of benzene rings is 2.